The molecule has 2 aliphatic rings. The van der Waals surface area contributed by atoms with Gasteiger partial charge in [-0.05, 0) is 26.7 Å². The molecule has 2 fully saturated rings. The number of ether oxygens (including phenoxy) is 4. The summed E-state index contributed by atoms with van der Waals surface area (Å²) in [6, 6.07) is 0. The van der Waals surface area contributed by atoms with Crippen LogP contribution in [0.3, 0.4) is 0 Å². The van der Waals surface area contributed by atoms with Crippen molar-refractivity contribution in [2.45, 2.75) is 87.6 Å². The van der Waals surface area contributed by atoms with Gasteiger partial charge in [0, 0.05) is 0 Å². The average molecular weight is 465 g/mol. The summed E-state index contributed by atoms with van der Waals surface area (Å²) in [7, 11) is 0. The van der Waals surface area contributed by atoms with Crippen molar-refractivity contribution >= 4 is 0 Å². The van der Waals surface area contributed by atoms with Gasteiger partial charge < -0.3 is 54.7 Å². The lowest BCUT2D eigenvalue weighted by molar-refractivity contribution is -0.333. The van der Waals surface area contributed by atoms with Gasteiger partial charge in [-0.1, -0.05) is 17.7 Å². The SMILES string of the molecule is C=CC(C)(CC/C=C(\C)CO)O[C@@H]1O[C@H](CO[C@@H]2OC[C@@H](O)[C@H](O)[C@H]2O)[C@@H](O)[C@H](O)[C@H]1O. The normalized spacial score (nSPS) is 40.7. The van der Waals surface area contributed by atoms with Gasteiger partial charge in [-0.15, -0.1) is 6.58 Å². The number of hydrogen-bond donors (Lipinski definition) is 7. The van der Waals surface area contributed by atoms with E-state index in [1.54, 1.807) is 13.8 Å². The molecule has 0 saturated carbocycles. The fraction of sp³-hybridized carbons (Fsp3) is 0.810. The van der Waals surface area contributed by atoms with E-state index >= 15 is 0 Å². The van der Waals surface area contributed by atoms with E-state index in [2.05, 4.69) is 6.58 Å². The molecule has 11 nitrogen and oxygen atoms in total. The summed E-state index contributed by atoms with van der Waals surface area (Å²) in [6.45, 7) is 6.59. The zero-order valence-corrected chi connectivity index (χ0v) is 18.4. The molecule has 2 saturated heterocycles. The molecular weight excluding hydrogens is 428 g/mol. The summed E-state index contributed by atoms with van der Waals surface area (Å²) in [5.41, 5.74) is -0.153. The highest BCUT2D eigenvalue weighted by Gasteiger charge is 2.47. The molecule has 11 heteroatoms. The third-order valence-corrected chi connectivity index (χ3v) is 5.75. The van der Waals surface area contributed by atoms with Crippen molar-refractivity contribution in [3.05, 3.63) is 24.3 Å². The van der Waals surface area contributed by atoms with Crippen molar-refractivity contribution in [2.75, 3.05) is 19.8 Å². The van der Waals surface area contributed by atoms with Crippen LogP contribution in [0.4, 0.5) is 0 Å². The van der Waals surface area contributed by atoms with Gasteiger partial charge in [-0.25, -0.2) is 0 Å². The lowest BCUT2D eigenvalue weighted by Crippen LogP contribution is -2.61. The second kappa shape index (κ2) is 12.0. The van der Waals surface area contributed by atoms with Gasteiger partial charge in [0.25, 0.3) is 0 Å². The zero-order valence-electron chi connectivity index (χ0n) is 18.4. The maximum absolute atomic E-state index is 10.4. The molecular formula is C21H36O11. The van der Waals surface area contributed by atoms with Crippen molar-refractivity contribution in [1.29, 1.82) is 0 Å². The smallest absolute Gasteiger partial charge is 0.187 e. The Kier molecular flexibility index (Phi) is 10.2. The molecule has 32 heavy (non-hydrogen) atoms. The molecule has 186 valence electrons. The van der Waals surface area contributed by atoms with Gasteiger partial charge in [-0.3, -0.25) is 0 Å². The topological polar surface area (TPSA) is 179 Å². The summed E-state index contributed by atoms with van der Waals surface area (Å²) >= 11 is 0. The fourth-order valence-corrected chi connectivity index (χ4v) is 3.41. The fourth-order valence-electron chi connectivity index (χ4n) is 3.41. The Hall–Kier alpha value is -0.960. The molecule has 2 heterocycles. The van der Waals surface area contributed by atoms with Crippen LogP contribution in [0.25, 0.3) is 0 Å². The monoisotopic (exact) mass is 464 g/mol. The van der Waals surface area contributed by atoms with Crippen LogP contribution in [0.15, 0.2) is 24.3 Å². The molecule has 1 unspecified atom stereocenters. The Morgan fingerprint density at radius 1 is 1.03 bits per heavy atom. The Bertz CT molecular complexity index is 629. The molecule has 2 aliphatic heterocycles. The molecule has 0 aromatic heterocycles. The first-order valence-electron chi connectivity index (χ1n) is 10.6. The van der Waals surface area contributed by atoms with E-state index < -0.39 is 60.9 Å². The highest BCUT2D eigenvalue weighted by atomic mass is 16.7. The standard InChI is InChI=1S/C21H36O11/c1-4-21(3,7-5-6-11(2)8-22)32-20-18(28)16(26)15(25)13(31-20)10-30-19-17(27)14(24)12(23)9-29-19/h4,6,12-20,22-28H,1,5,7-10H2,2-3H3/b11-6+/t12-,13-,14+,15-,16+,17-,18-,19+,20+,21?/m1/s1. The zero-order chi connectivity index (χ0) is 24.1. The summed E-state index contributed by atoms with van der Waals surface area (Å²) < 4.78 is 22.1. The van der Waals surface area contributed by atoms with E-state index in [9.17, 15) is 30.6 Å². The van der Waals surface area contributed by atoms with Crippen LogP contribution in [0.2, 0.25) is 0 Å². The largest absolute Gasteiger partial charge is 0.392 e. The lowest BCUT2D eigenvalue weighted by atomic mass is 9.96. The van der Waals surface area contributed by atoms with Gasteiger partial charge >= 0.3 is 0 Å². The van der Waals surface area contributed by atoms with Crippen LogP contribution in [0.5, 0.6) is 0 Å². The third-order valence-electron chi connectivity index (χ3n) is 5.75. The van der Waals surface area contributed by atoms with E-state index in [4.69, 9.17) is 24.1 Å². The van der Waals surface area contributed by atoms with Crippen LogP contribution in [0, 0.1) is 0 Å². The molecule has 0 bridgehead atoms. The number of allylic oxidation sites excluding steroid dienone is 1. The summed E-state index contributed by atoms with van der Waals surface area (Å²) in [5, 5.41) is 69.2. The third kappa shape index (κ3) is 6.78. The summed E-state index contributed by atoms with van der Waals surface area (Å²) in [4.78, 5) is 0. The minimum atomic E-state index is -1.60. The predicted octanol–water partition coefficient (Wildman–Crippen LogP) is -2.07. The van der Waals surface area contributed by atoms with E-state index in [0.717, 1.165) is 5.57 Å². The van der Waals surface area contributed by atoms with Crippen molar-refractivity contribution in [1.82, 2.24) is 0 Å². The van der Waals surface area contributed by atoms with Crippen molar-refractivity contribution in [3.8, 4) is 0 Å². The maximum atomic E-state index is 10.4. The predicted molar refractivity (Wildman–Crippen MR) is 110 cm³/mol. The van der Waals surface area contributed by atoms with Crippen molar-refractivity contribution in [2.24, 2.45) is 0 Å². The Morgan fingerprint density at radius 3 is 2.31 bits per heavy atom. The van der Waals surface area contributed by atoms with Crippen molar-refractivity contribution in [3.63, 3.8) is 0 Å². The van der Waals surface area contributed by atoms with Crippen molar-refractivity contribution < 1.29 is 54.7 Å². The molecule has 0 aromatic carbocycles. The Balaban J connectivity index is 2.00. The van der Waals surface area contributed by atoms with Gasteiger partial charge in [0.15, 0.2) is 12.6 Å². The molecule has 2 rings (SSSR count). The van der Waals surface area contributed by atoms with Crippen LogP contribution < -0.4 is 0 Å². The van der Waals surface area contributed by atoms with E-state index in [-0.39, 0.29) is 19.8 Å². The molecule has 0 spiro atoms. The number of hydrogen-bond acceptors (Lipinski definition) is 11. The second-order valence-corrected chi connectivity index (χ2v) is 8.48. The summed E-state index contributed by atoms with van der Waals surface area (Å²) in [5.74, 6) is 0. The first kappa shape index (κ1) is 27.3. The van der Waals surface area contributed by atoms with Gasteiger partial charge in [0.2, 0.25) is 0 Å². The van der Waals surface area contributed by atoms with E-state index in [0.29, 0.717) is 12.8 Å². The minimum absolute atomic E-state index is 0.0583. The number of rotatable bonds is 10. The lowest BCUT2D eigenvalue weighted by Gasteiger charge is -2.43. The number of aliphatic hydroxyl groups is 7. The van der Waals surface area contributed by atoms with Gasteiger partial charge in [0.05, 0.1) is 25.4 Å². The molecule has 10 atom stereocenters. The van der Waals surface area contributed by atoms with E-state index in [1.165, 1.54) is 6.08 Å². The maximum Gasteiger partial charge on any atom is 0.187 e. The van der Waals surface area contributed by atoms with Crippen LogP contribution in [-0.2, 0) is 18.9 Å². The molecule has 0 amide bonds. The average Bonchev–Trinajstić information content (AvgIpc) is 2.78. The quantitative estimate of drug-likeness (QED) is 0.177. The first-order valence-corrected chi connectivity index (χ1v) is 10.6. The molecule has 7 N–H and O–H groups in total. The highest BCUT2D eigenvalue weighted by molar-refractivity contribution is 5.02. The molecule has 0 aromatic rings. The Labute approximate surface area is 187 Å². The Morgan fingerprint density at radius 2 is 1.69 bits per heavy atom. The highest BCUT2D eigenvalue weighted by Crippen LogP contribution is 2.30. The summed E-state index contributed by atoms with van der Waals surface area (Å²) in [6.07, 6.45) is -8.30. The van der Waals surface area contributed by atoms with Crippen LogP contribution in [0.1, 0.15) is 26.7 Å². The molecule has 0 aliphatic carbocycles. The minimum Gasteiger partial charge on any atom is -0.392 e. The van der Waals surface area contributed by atoms with E-state index in [1.807, 2.05) is 6.08 Å². The van der Waals surface area contributed by atoms with Crippen LogP contribution in [-0.4, -0.2) is 116 Å². The first-order chi connectivity index (χ1) is 15.0. The van der Waals surface area contributed by atoms with Gasteiger partial charge in [-0.2, -0.15) is 0 Å². The molecule has 0 radical (unpaired) electrons. The van der Waals surface area contributed by atoms with Crippen LogP contribution >= 0.6 is 0 Å². The van der Waals surface area contributed by atoms with Gasteiger partial charge in [0.1, 0.15) is 42.7 Å². The second-order valence-electron chi connectivity index (χ2n) is 8.48. The number of aliphatic hydroxyl groups excluding tert-OH is 7.